The zero-order valence-electron chi connectivity index (χ0n) is 11.6. The molecule has 4 nitrogen and oxygen atoms in total. The van der Waals surface area contributed by atoms with Gasteiger partial charge in [-0.15, -0.1) is 0 Å². The van der Waals surface area contributed by atoms with E-state index in [9.17, 15) is 0 Å². The Morgan fingerprint density at radius 3 is 2.47 bits per heavy atom. The van der Waals surface area contributed by atoms with Gasteiger partial charge in [-0.3, -0.25) is 4.90 Å². The molecule has 1 atom stereocenters. The quantitative estimate of drug-likeness (QED) is 0.785. The van der Waals surface area contributed by atoms with Gasteiger partial charge < -0.3 is 10.3 Å². The van der Waals surface area contributed by atoms with Gasteiger partial charge in [0.05, 0.1) is 6.54 Å². The van der Waals surface area contributed by atoms with Crippen molar-refractivity contribution < 1.29 is 0 Å². The van der Waals surface area contributed by atoms with Crippen molar-refractivity contribution in [3.8, 4) is 0 Å². The molecule has 0 saturated heterocycles. The smallest absolute Gasteiger partial charge is 0.122 e. The van der Waals surface area contributed by atoms with Crippen molar-refractivity contribution in [1.29, 1.82) is 0 Å². The average Bonchev–Trinajstić information content (AvgIpc) is 2.71. The van der Waals surface area contributed by atoms with E-state index in [0.29, 0.717) is 18.5 Å². The zero-order valence-corrected chi connectivity index (χ0v) is 11.6. The molecule has 0 aromatic carbocycles. The predicted octanol–water partition coefficient (Wildman–Crippen LogP) is 1.62. The summed E-state index contributed by atoms with van der Waals surface area (Å²) in [5.41, 5.74) is 5.92. The monoisotopic (exact) mass is 238 g/mol. The van der Waals surface area contributed by atoms with Gasteiger partial charge in [0.2, 0.25) is 0 Å². The third-order valence-electron chi connectivity index (χ3n) is 3.71. The van der Waals surface area contributed by atoms with E-state index >= 15 is 0 Å². The number of aryl methyl sites for hydroxylation is 1. The number of rotatable bonds is 7. The summed E-state index contributed by atoms with van der Waals surface area (Å²) in [5.74, 6) is 1.77. The Balaban J connectivity index is 2.66. The molecular formula is C13H26N4. The fraction of sp³-hybridized carbons (Fsp3) is 0.769. The lowest BCUT2D eigenvalue weighted by Gasteiger charge is -2.32. The lowest BCUT2D eigenvalue weighted by molar-refractivity contribution is 0.160. The van der Waals surface area contributed by atoms with Crippen LogP contribution in [0, 0.1) is 5.92 Å². The highest BCUT2D eigenvalue weighted by Crippen LogP contribution is 2.18. The van der Waals surface area contributed by atoms with Gasteiger partial charge in [-0.25, -0.2) is 4.98 Å². The summed E-state index contributed by atoms with van der Waals surface area (Å²) in [6.45, 7) is 6.06. The summed E-state index contributed by atoms with van der Waals surface area (Å²) in [7, 11) is 4.18. The maximum atomic E-state index is 5.92. The standard InChI is InChI=1S/C13H26N4/c1-5-11(6-2)12(9-14)17(4)10-13-15-7-8-16(13)3/h7-8,11-12H,5-6,9-10,14H2,1-4H3. The van der Waals surface area contributed by atoms with Crippen LogP contribution in [-0.4, -0.2) is 34.1 Å². The molecule has 0 fully saturated rings. The Labute approximate surface area is 105 Å². The van der Waals surface area contributed by atoms with Gasteiger partial charge in [0.25, 0.3) is 0 Å². The molecule has 2 N–H and O–H groups in total. The summed E-state index contributed by atoms with van der Waals surface area (Å²) in [6.07, 6.45) is 6.20. The third kappa shape index (κ3) is 3.54. The second-order valence-electron chi connectivity index (χ2n) is 4.75. The van der Waals surface area contributed by atoms with E-state index in [1.807, 2.05) is 19.4 Å². The lowest BCUT2D eigenvalue weighted by Crippen LogP contribution is -2.43. The summed E-state index contributed by atoms with van der Waals surface area (Å²) >= 11 is 0. The molecule has 1 aromatic rings. The number of nitrogens with two attached hydrogens (primary N) is 1. The van der Waals surface area contributed by atoms with Crippen molar-refractivity contribution in [3.63, 3.8) is 0 Å². The highest BCUT2D eigenvalue weighted by molar-refractivity contribution is 4.92. The molecule has 1 aromatic heterocycles. The van der Waals surface area contributed by atoms with Gasteiger partial charge >= 0.3 is 0 Å². The molecule has 0 saturated carbocycles. The first-order chi connectivity index (χ1) is 8.13. The first-order valence-electron chi connectivity index (χ1n) is 6.50. The molecule has 1 unspecified atom stereocenters. The van der Waals surface area contributed by atoms with Crippen LogP contribution in [0.2, 0.25) is 0 Å². The van der Waals surface area contributed by atoms with Gasteiger partial charge in [0, 0.05) is 32.0 Å². The van der Waals surface area contributed by atoms with Crippen LogP contribution in [0.15, 0.2) is 12.4 Å². The molecule has 98 valence electrons. The van der Waals surface area contributed by atoms with Gasteiger partial charge in [-0.05, 0) is 13.0 Å². The van der Waals surface area contributed by atoms with Crippen molar-refractivity contribution in [3.05, 3.63) is 18.2 Å². The maximum absolute atomic E-state index is 5.92. The normalized spacial score (nSPS) is 13.6. The van der Waals surface area contributed by atoms with E-state index in [0.717, 1.165) is 12.4 Å². The number of likely N-dealkylation sites (N-methyl/N-ethyl adjacent to an activating group) is 1. The van der Waals surface area contributed by atoms with Crippen LogP contribution in [0.5, 0.6) is 0 Å². The number of imidazole rings is 1. The minimum atomic E-state index is 0.446. The molecule has 0 radical (unpaired) electrons. The SMILES string of the molecule is CCC(CC)C(CN)N(C)Cc1nccn1C. The zero-order chi connectivity index (χ0) is 12.8. The van der Waals surface area contributed by atoms with Crippen molar-refractivity contribution in [2.75, 3.05) is 13.6 Å². The Hall–Kier alpha value is -0.870. The van der Waals surface area contributed by atoms with Crippen LogP contribution in [0.1, 0.15) is 32.5 Å². The van der Waals surface area contributed by atoms with Crippen molar-refractivity contribution >= 4 is 0 Å². The van der Waals surface area contributed by atoms with Crippen LogP contribution in [-0.2, 0) is 13.6 Å². The molecule has 1 heterocycles. The van der Waals surface area contributed by atoms with Gasteiger partial charge in [-0.1, -0.05) is 26.7 Å². The molecule has 0 amide bonds. The summed E-state index contributed by atoms with van der Waals surface area (Å²) in [6, 6.07) is 0.446. The van der Waals surface area contributed by atoms with Crippen molar-refractivity contribution in [2.24, 2.45) is 18.7 Å². The Bertz CT molecular complexity index is 317. The predicted molar refractivity (Wildman–Crippen MR) is 71.6 cm³/mol. The molecular weight excluding hydrogens is 212 g/mol. The summed E-state index contributed by atoms with van der Waals surface area (Å²) in [4.78, 5) is 6.70. The highest BCUT2D eigenvalue weighted by Gasteiger charge is 2.22. The third-order valence-corrected chi connectivity index (χ3v) is 3.71. The average molecular weight is 238 g/mol. The number of nitrogens with zero attached hydrogens (tertiary/aromatic N) is 3. The minimum absolute atomic E-state index is 0.446. The van der Waals surface area contributed by atoms with Crippen LogP contribution in [0.4, 0.5) is 0 Å². The van der Waals surface area contributed by atoms with Gasteiger partial charge in [-0.2, -0.15) is 0 Å². The van der Waals surface area contributed by atoms with E-state index in [4.69, 9.17) is 5.73 Å². The van der Waals surface area contributed by atoms with E-state index < -0.39 is 0 Å². The van der Waals surface area contributed by atoms with Crippen LogP contribution < -0.4 is 5.73 Å². The first-order valence-corrected chi connectivity index (χ1v) is 6.50. The summed E-state index contributed by atoms with van der Waals surface area (Å²) in [5, 5.41) is 0. The topological polar surface area (TPSA) is 47.1 Å². The van der Waals surface area contributed by atoms with Gasteiger partial charge in [0.1, 0.15) is 5.82 Å². The Morgan fingerprint density at radius 2 is 2.06 bits per heavy atom. The first kappa shape index (κ1) is 14.2. The summed E-state index contributed by atoms with van der Waals surface area (Å²) < 4.78 is 2.07. The van der Waals surface area contributed by atoms with Crippen LogP contribution in [0.3, 0.4) is 0 Å². The number of hydrogen-bond donors (Lipinski definition) is 1. The molecule has 0 aliphatic heterocycles. The van der Waals surface area contributed by atoms with E-state index in [1.54, 1.807) is 0 Å². The lowest BCUT2D eigenvalue weighted by atomic mass is 9.93. The molecule has 17 heavy (non-hydrogen) atoms. The van der Waals surface area contributed by atoms with Crippen LogP contribution >= 0.6 is 0 Å². The van der Waals surface area contributed by atoms with Gasteiger partial charge in [0.15, 0.2) is 0 Å². The van der Waals surface area contributed by atoms with Crippen molar-refractivity contribution in [2.45, 2.75) is 39.3 Å². The fourth-order valence-electron chi connectivity index (χ4n) is 2.45. The molecule has 0 bridgehead atoms. The Kier molecular flexibility index (Phi) is 5.65. The number of aromatic nitrogens is 2. The highest BCUT2D eigenvalue weighted by atomic mass is 15.2. The fourth-order valence-corrected chi connectivity index (χ4v) is 2.45. The molecule has 4 heteroatoms. The largest absolute Gasteiger partial charge is 0.337 e. The van der Waals surface area contributed by atoms with E-state index in [1.165, 1.54) is 12.8 Å². The Morgan fingerprint density at radius 1 is 1.41 bits per heavy atom. The number of hydrogen-bond acceptors (Lipinski definition) is 3. The van der Waals surface area contributed by atoms with E-state index in [2.05, 4.69) is 35.3 Å². The second-order valence-corrected chi connectivity index (χ2v) is 4.75. The molecule has 0 aliphatic rings. The molecule has 0 aliphatic carbocycles. The second kappa shape index (κ2) is 6.77. The minimum Gasteiger partial charge on any atom is -0.337 e. The van der Waals surface area contributed by atoms with E-state index in [-0.39, 0.29) is 0 Å². The van der Waals surface area contributed by atoms with Crippen LogP contribution in [0.25, 0.3) is 0 Å². The molecule has 0 spiro atoms. The maximum Gasteiger partial charge on any atom is 0.122 e. The molecule has 1 rings (SSSR count). The van der Waals surface area contributed by atoms with Crippen molar-refractivity contribution in [1.82, 2.24) is 14.5 Å².